The first-order chi connectivity index (χ1) is 6.74. The molecule has 82 valence electrons. The van der Waals surface area contributed by atoms with Crippen LogP contribution in [0.5, 0.6) is 0 Å². The Kier molecular flexibility index (Phi) is 4.90. The summed E-state index contributed by atoms with van der Waals surface area (Å²) in [5.41, 5.74) is 0. The molecule has 1 saturated heterocycles. The molecule has 1 atom stereocenters. The van der Waals surface area contributed by atoms with Gasteiger partial charge in [0.15, 0.2) is 0 Å². The van der Waals surface area contributed by atoms with Gasteiger partial charge in [0.25, 0.3) is 0 Å². The molecule has 0 saturated carbocycles. The van der Waals surface area contributed by atoms with E-state index in [1.807, 2.05) is 0 Å². The van der Waals surface area contributed by atoms with Crippen LogP contribution in [0, 0.1) is 5.92 Å². The summed E-state index contributed by atoms with van der Waals surface area (Å²) in [5.74, 6) is -0.125. The highest BCUT2D eigenvalue weighted by Gasteiger charge is 2.24. The third-order valence-corrected chi connectivity index (χ3v) is 2.49. The minimum absolute atomic E-state index is 0.110. The van der Waals surface area contributed by atoms with E-state index < -0.39 is 6.10 Å². The zero-order chi connectivity index (χ0) is 10.4. The lowest BCUT2D eigenvalue weighted by Gasteiger charge is -2.26. The zero-order valence-electron chi connectivity index (χ0n) is 8.57. The van der Waals surface area contributed by atoms with Crippen LogP contribution in [0.4, 0.5) is 0 Å². The molecular formula is C10H18O4. The van der Waals surface area contributed by atoms with Crippen molar-refractivity contribution >= 4 is 5.97 Å². The van der Waals surface area contributed by atoms with Crippen molar-refractivity contribution in [2.45, 2.75) is 32.3 Å². The fraction of sp³-hybridized carbons (Fsp3) is 0.900. The van der Waals surface area contributed by atoms with Gasteiger partial charge in [0.2, 0.25) is 0 Å². The van der Waals surface area contributed by atoms with Crippen molar-refractivity contribution < 1.29 is 19.4 Å². The summed E-state index contributed by atoms with van der Waals surface area (Å²) in [5, 5.41) is 9.71. The third kappa shape index (κ3) is 3.64. The molecule has 14 heavy (non-hydrogen) atoms. The molecule has 1 aliphatic heterocycles. The van der Waals surface area contributed by atoms with Gasteiger partial charge in [-0.05, 0) is 25.7 Å². The smallest absolute Gasteiger partial charge is 0.308 e. The molecule has 0 amide bonds. The van der Waals surface area contributed by atoms with E-state index in [1.165, 1.54) is 0 Å². The Hall–Kier alpha value is -0.610. The number of carbonyl (C=O) groups is 1. The lowest BCUT2D eigenvalue weighted by molar-refractivity contribution is -0.146. The summed E-state index contributed by atoms with van der Waals surface area (Å²) >= 11 is 0. The average Bonchev–Trinajstić information content (AvgIpc) is 2.19. The summed E-state index contributed by atoms with van der Waals surface area (Å²) in [6.45, 7) is 3.51. The molecule has 1 unspecified atom stereocenters. The molecule has 1 aliphatic rings. The van der Waals surface area contributed by atoms with E-state index in [1.54, 1.807) is 6.92 Å². The van der Waals surface area contributed by atoms with Crippen LogP contribution in [0.2, 0.25) is 0 Å². The molecule has 0 aromatic carbocycles. The van der Waals surface area contributed by atoms with E-state index in [-0.39, 0.29) is 18.3 Å². The van der Waals surface area contributed by atoms with Crippen molar-refractivity contribution in [3.05, 3.63) is 0 Å². The number of rotatable bonds is 4. The van der Waals surface area contributed by atoms with Gasteiger partial charge >= 0.3 is 5.97 Å². The minimum Gasteiger partial charge on any atom is -0.466 e. The van der Waals surface area contributed by atoms with Crippen LogP contribution in [0.1, 0.15) is 26.2 Å². The van der Waals surface area contributed by atoms with Crippen LogP contribution in [-0.4, -0.2) is 37.0 Å². The monoisotopic (exact) mass is 202 g/mol. The minimum atomic E-state index is -0.571. The SMILES string of the molecule is CCOC(=O)CC(O)C1CCOCC1. The van der Waals surface area contributed by atoms with Crippen LogP contribution in [0.15, 0.2) is 0 Å². The number of hydrogen-bond acceptors (Lipinski definition) is 4. The number of ether oxygens (including phenoxy) is 2. The average molecular weight is 202 g/mol. The molecule has 0 bridgehead atoms. The number of aliphatic hydroxyl groups excluding tert-OH is 1. The topological polar surface area (TPSA) is 55.8 Å². The molecule has 1 N–H and O–H groups in total. The maximum Gasteiger partial charge on any atom is 0.308 e. The van der Waals surface area contributed by atoms with Crippen molar-refractivity contribution in [1.29, 1.82) is 0 Å². The van der Waals surface area contributed by atoms with Crippen molar-refractivity contribution in [2.24, 2.45) is 5.92 Å². The lowest BCUT2D eigenvalue weighted by atomic mass is 9.92. The predicted molar refractivity (Wildman–Crippen MR) is 50.8 cm³/mol. The van der Waals surface area contributed by atoms with E-state index in [0.717, 1.165) is 12.8 Å². The molecule has 1 heterocycles. The van der Waals surface area contributed by atoms with Crippen LogP contribution in [0.3, 0.4) is 0 Å². The Balaban J connectivity index is 2.25. The Morgan fingerprint density at radius 2 is 2.21 bits per heavy atom. The second-order valence-electron chi connectivity index (χ2n) is 3.53. The molecule has 0 aromatic heterocycles. The molecule has 0 aromatic rings. The summed E-state index contributed by atoms with van der Waals surface area (Å²) in [4.78, 5) is 11.1. The first-order valence-corrected chi connectivity index (χ1v) is 5.15. The van der Waals surface area contributed by atoms with Gasteiger partial charge < -0.3 is 14.6 Å². The normalized spacial score (nSPS) is 20.4. The fourth-order valence-corrected chi connectivity index (χ4v) is 1.66. The maximum atomic E-state index is 11.1. The highest BCUT2D eigenvalue weighted by molar-refractivity contribution is 5.69. The lowest BCUT2D eigenvalue weighted by Crippen LogP contribution is -2.29. The Labute approximate surface area is 84.2 Å². The van der Waals surface area contributed by atoms with E-state index in [9.17, 15) is 9.90 Å². The molecule has 1 rings (SSSR count). The molecule has 4 heteroatoms. The first-order valence-electron chi connectivity index (χ1n) is 5.15. The van der Waals surface area contributed by atoms with Gasteiger partial charge in [-0.3, -0.25) is 4.79 Å². The summed E-state index contributed by atoms with van der Waals surface area (Å²) in [6, 6.07) is 0. The molecule has 4 nitrogen and oxygen atoms in total. The second kappa shape index (κ2) is 5.98. The number of esters is 1. The van der Waals surface area contributed by atoms with Gasteiger partial charge in [0, 0.05) is 13.2 Å². The maximum absolute atomic E-state index is 11.1. The van der Waals surface area contributed by atoms with E-state index in [2.05, 4.69) is 0 Å². The van der Waals surface area contributed by atoms with E-state index >= 15 is 0 Å². The predicted octanol–water partition coefficient (Wildman–Crippen LogP) is 0.727. The quantitative estimate of drug-likeness (QED) is 0.683. The van der Waals surface area contributed by atoms with Crippen molar-refractivity contribution in [3.8, 4) is 0 Å². The zero-order valence-corrected chi connectivity index (χ0v) is 8.57. The molecule has 0 radical (unpaired) electrons. The summed E-state index contributed by atoms with van der Waals surface area (Å²) in [6.07, 6.45) is 1.21. The third-order valence-electron chi connectivity index (χ3n) is 2.49. The molecule has 1 fully saturated rings. The van der Waals surface area contributed by atoms with Crippen molar-refractivity contribution in [3.63, 3.8) is 0 Å². The van der Waals surface area contributed by atoms with E-state index in [0.29, 0.717) is 19.8 Å². The molecule has 0 spiro atoms. The summed E-state index contributed by atoms with van der Waals surface area (Å²) < 4.78 is 9.95. The van der Waals surface area contributed by atoms with Gasteiger partial charge in [0.1, 0.15) is 0 Å². The summed E-state index contributed by atoms with van der Waals surface area (Å²) in [7, 11) is 0. The van der Waals surface area contributed by atoms with Gasteiger partial charge in [0.05, 0.1) is 19.1 Å². The highest BCUT2D eigenvalue weighted by Crippen LogP contribution is 2.20. The van der Waals surface area contributed by atoms with Crippen LogP contribution < -0.4 is 0 Å². The highest BCUT2D eigenvalue weighted by atomic mass is 16.5. The fourth-order valence-electron chi connectivity index (χ4n) is 1.66. The Morgan fingerprint density at radius 1 is 1.57 bits per heavy atom. The second-order valence-corrected chi connectivity index (χ2v) is 3.53. The van der Waals surface area contributed by atoms with E-state index in [4.69, 9.17) is 9.47 Å². The van der Waals surface area contributed by atoms with Gasteiger partial charge in [-0.25, -0.2) is 0 Å². The van der Waals surface area contributed by atoms with Gasteiger partial charge in [-0.15, -0.1) is 0 Å². The van der Waals surface area contributed by atoms with Crippen molar-refractivity contribution in [2.75, 3.05) is 19.8 Å². The van der Waals surface area contributed by atoms with Crippen molar-refractivity contribution in [1.82, 2.24) is 0 Å². The van der Waals surface area contributed by atoms with Gasteiger partial charge in [-0.1, -0.05) is 0 Å². The standard InChI is InChI=1S/C10H18O4/c1-2-14-10(12)7-9(11)8-3-5-13-6-4-8/h8-9,11H,2-7H2,1H3. The number of aliphatic hydroxyl groups is 1. The first kappa shape index (κ1) is 11.5. The Bertz CT molecular complexity index is 175. The number of hydrogen-bond donors (Lipinski definition) is 1. The number of carbonyl (C=O) groups excluding carboxylic acids is 1. The van der Waals surface area contributed by atoms with Crippen LogP contribution in [-0.2, 0) is 14.3 Å². The van der Waals surface area contributed by atoms with Crippen LogP contribution in [0.25, 0.3) is 0 Å². The largest absolute Gasteiger partial charge is 0.466 e. The molecular weight excluding hydrogens is 184 g/mol. The Morgan fingerprint density at radius 3 is 2.79 bits per heavy atom. The van der Waals surface area contributed by atoms with Gasteiger partial charge in [-0.2, -0.15) is 0 Å². The molecule has 0 aliphatic carbocycles. The van der Waals surface area contributed by atoms with Crippen LogP contribution >= 0.6 is 0 Å².